The molecular formula is C22H48O4S2. The van der Waals surface area contributed by atoms with Crippen LogP contribution in [0.1, 0.15) is 123 Å². The van der Waals surface area contributed by atoms with Crippen LogP contribution in [0.15, 0.2) is 0 Å². The van der Waals surface area contributed by atoms with Gasteiger partial charge in [0.05, 0.1) is 7.11 Å². The fourth-order valence-electron chi connectivity index (χ4n) is 3.13. The van der Waals surface area contributed by atoms with Crippen LogP contribution in [0.2, 0.25) is 0 Å². The van der Waals surface area contributed by atoms with Crippen LogP contribution in [0.4, 0.5) is 0 Å². The fourth-order valence-corrected chi connectivity index (χ4v) is 3.31. The molecule has 28 heavy (non-hydrogen) atoms. The van der Waals surface area contributed by atoms with Crippen LogP contribution < -0.4 is 0 Å². The van der Waals surface area contributed by atoms with Crippen molar-refractivity contribution in [1.82, 2.24) is 0 Å². The van der Waals surface area contributed by atoms with Crippen LogP contribution in [-0.4, -0.2) is 25.8 Å². The SMILES string of the molecule is CCCCCCCCCCCCCCCCCCC(C)CS.COS(=O)(=O)O. The van der Waals surface area contributed by atoms with Crippen molar-refractivity contribution in [3.8, 4) is 0 Å². The minimum atomic E-state index is -4.16. The van der Waals surface area contributed by atoms with Crippen molar-refractivity contribution in [2.45, 2.75) is 123 Å². The topological polar surface area (TPSA) is 63.6 Å². The van der Waals surface area contributed by atoms with Gasteiger partial charge in [0.25, 0.3) is 0 Å². The number of hydrogen-bond acceptors (Lipinski definition) is 4. The Morgan fingerprint density at radius 1 is 0.750 bits per heavy atom. The molecule has 172 valence electrons. The van der Waals surface area contributed by atoms with Crippen LogP contribution in [0.5, 0.6) is 0 Å². The summed E-state index contributed by atoms with van der Waals surface area (Å²) in [6.07, 6.45) is 24.7. The monoisotopic (exact) mass is 440 g/mol. The van der Waals surface area contributed by atoms with Crippen LogP contribution in [-0.2, 0) is 14.6 Å². The number of rotatable bonds is 19. The number of unbranched alkanes of at least 4 members (excludes halogenated alkanes) is 15. The second kappa shape index (κ2) is 23.5. The van der Waals surface area contributed by atoms with Gasteiger partial charge in [0.2, 0.25) is 0 Å². The maximum atomic E-state index is 9.33. The van der Waals surface area contributed by atoms with Gasteiger partial charge in [-0.3, -0.25) is 8.74 Å². The molecule has 0 rings (SSSR count). The van der Waals surface area contributed by atoms with Gasteiger partial charge in [-0.2, -0.15) is 21.0 Å². The average Bonchev–Trinajstić information content (AvgIpc) is 2.67. The molecule has 0 bridgehead atoms. The van der Waals surface area contributed by atoms with E-state index in [1.54, 1.807) is 0 Å². The average molecular weight is 441 g/mol. The van der Waals surface area contributed by atoms with Gasteiger partial charge in [-0.1, -0.05) is 117 Å². The molecule has 0 aromatic rings. The zero-order valence-electron chi connectivity index (χ0n) is 18.8. The van der Waals surface area contributed by atoms with Crippen LogP contribution >= 0.6 is 12.6 Å². The van der Waals surface area contributed by atoms with Crippen molar-refractivity contribution in [1.29, 1.82) is 0 Å². The highest BCUT2D eigenvalue weighted by atomic mass is 32.3. The molecule has 0 aliphatic carbocycles. The Labute approximate surface area is 182 Å². The van der Waals surface area contributed by atoms with Gasteiger partial charge < -0.3 is 0 Å². The van der Waals surface area contributed by atoms with Crippen LogP contribution in [0.3, 0.4) is 0 Å². The molecule has 0 aromatic heterocycles. The second-order valence-corrected chi connectivity index (χ2v) is 9.53. The van der Waals surface area contributed by atoms with E-state index in [0.717, 1.165) is 18.8 Å². The molecular weight excluding hydrogens is 392 g/mol. The largest absolute Gasteiger partial charge is 0.397 e. The van der Waals surface area contributed by atoms with Gasteiger partial charge in [0.15, 0.2) is 0 Å². The molecule has 1 unspecified atom stereocenters. The van der Waals surface area contributed by atoms with Crippen molar-refractivity contribution >= 4 is 23.0 Å². The van der Waals surface area contributed by atoms with Crippen molar-refractivity contribution in [2.24, 2.45) is 5.92 Å². The second-order valence-electron chi connectivity index (χ2n) is 7.97. The van der Waals surface area contributed by atoms with Gasteiger partial charge in [0.1, 0.15) is 0 Å². The summed E-state index contributed by atoms with van der Waals surface area (Å²) in [6.45, 7) is 4.61. The Kier molecular flexibility index (Phi) is 25.5. The van der Waals surface area contributed by atoms with E-state index in [1.807, 2.05) is 0 Å². The first-order valence-electron chi connectivity index (χ1n) is 11.5. The molecule has 1 atom stereocenters. The van der Waals surface area contributed by atoms with Crippen molar-refractivity contribution in [3.05, 3.63) is 0 Å². The van der Waals surface area contributed by atoms with E-state index in [2.05, 4.69) is 30.7 Å². The predicted octanol–water partition coefficient (Wildman–Crippen LogP) is 7.64. The third kappa shape index (κ3) is 30.9. The van der Waals surface area contributed by atoms with Crippen molar-refractivity contribution in [2.75, 3.05) is 12.9 Å². The Hall–Kier alpha value is 0.220. The number of thiol groups is 1. The highest BCUT2D eigenvalue weighted by Crippen LogP contribution is 2.15. The highest BCUT2D eigenvalue weighted by molar-refractivity contribution is 7.80. The van der Waals surface area contributed by atoms with E-state index in [-0.39, 0.29) is 0 Å². The molecule has 0 radical (unpaired) electrons. The smallest absolute Gasteiger partial charge is 0.264 e. The maximum Gasteiger partial charge on any atom is 0.397 e. The molecule has 6 heteroatoms. The molecule has 1 N–H and O–H groups in total. The van der Waals surface area contributed by atoms with E-state index in [9.17, 15) is 8.42 Å². The van der Waals surface area contributed by atoms with Gasteiger partial charge in [-0.15, -0.1) is 0 Å². The summed E-state index contributed by atoms with van der Waals surface area (Å²) < 4.78 is 29.7. The first-order chi connectivity index (χ1) is 13.4. The van der Waals surface area contributed by atoms with Crippen molar-refractivity contribution in [3.63, 3.8) is 0 Å². The lowest BCUT2D eigenvalue weighted by Gasteiger charge is -2.07. The van der Waals surface area contributed by atoms with Crippen molar-refractivity contribution < 1.29 is 17.2 Å². The summed E-state index contributed by atoms with van der Waals surface area (Å²) in [7, 11) is -3.29. The molecule has 0 saturated carbocycles. The summed E-state index contributed by atoms with van der Waals surface area (Å²) in [5, 5.41) is 0. The Balaban J connectivity index is 0. The Bertz CT molecular complexity index is 386. The number of hydrogen-bond donors (Lipinski definition) is 2. The summed E-state index contributed by atoms with van der Waals surface area (Å²) in [4.78, 5) is 0. The Morgan fingerprint density at radius 3 is 1.29 bits per heavy atom. The summed E-state index contributed by atoms with van der Waals surface area (Å²) in [6, 6.07) is 0. The highest BCUT2D eigenvalue weighted by Gasteiger charge is 1.99. The lowest BCUT2D eigenvalue weighted by atomic mass is 10.0. The molecule has 0 spiro atoms. The van der Waals surface area contributed by atoms with Gasteiger partial charge >= 0.3 is 10.4 Å². The van der Waals surface area contributed by atoms with Crippen LogP contribution in [0, 0.1) is 5.92 Å². The lowest BCUT2D eigenvalue weighted by Crippen LogP contribution is -1.96. The van der Waals surface area contributed by atoms with Gasteiger partial charge in [-0.25, -0.2) is 0 Å². The molecule has 0 aromatic carbocycles. The molecule has 0 amide bonds. The first kappa shape index (κ1) is 30.4. The summed E-state index contributed by atoms with van der Waals surface area (Å²) >= 11 is 4.35. The normalized spacial score (nSPS) is 12.5. The fraction of sp³-hybridized carbons (Fsp3) is 1.00. The zero-order valence-corrected chi connectivity index (χ0v) is 20.5. The molecule has 0 saturated heterocycles. The maximum absolute atomic E-state index is 9.33. The quantitative estimate of drug-likeness (QED) is 0.123. The van der Waals surface area contributed by atoms with E-state index in [1.165, 1.54) is 109 Å². The third-order valence-electron chi connectivity index (χ3n) is 5.07. The van der Waals surface area contributed by atoms with Gasteiger partial charge in [0, 0.05) is 0 Å². The first-order valence-corrected chi connectivity index (χ1v) is 13.5. The minimum Gasteiger partial charge on any atom is -0.264 e. The standard InChI is InChI=1S/C21H44S.CH4O4S/c1-3-4-5-6-7-8-9-10-11-12-13-14-15-16-17-18-19-21(2)20-22;1-5-6(2,3)4/h21-22H,3-20H2,1-2H3;1H3,(H,2,3,4). The minimum absolute atomic E-state index is 0.815. The van der Waals surface area contributed by atoms with E-state index in [0.29, 0.717) is 0 Å². The predicted molar refractivity (Wildman–Crippen MR) is 126 cm³/mol. The summed E-state index contributed by atoms with van der Waals surface area (Å²) in [5.41, 5.74) is 0. The molecule has 0 fully saturated rings. The van der Waals surface area contributed by atoms with E-state index < -0.39 is 10.4 Å². The molecule has 0 aliphatic rings. The molecule has 4 nitrogen and oxygen atoms in total. The lowest BCUT2D eigenvalue weighted by molar-refractivity contribution is 0.324. The van der Waals surface area contributed by atoms with E-state index in [4.69, 9.17) is 4.55 Å². The van der Waals surface area contributed by atoms with Crippen LogP contribution in [0.25, 0.3) is 0 Å². The van der Waals surface area contributed by atoms with E-state index >= 15 is 0 Å². The molecule has 0 heterocycles. The zero-order chi connectivity index (χ0) is 21.5. The third-order valence-corrected chi connectivity index (χ3v) is 6.12. The molecule has 0 aliphatic heterocycles. The van der Waals surface area contributed by atoms with Gasteiger partial charge in [-0.05, 0) is 18.1 Å². The summed E-state index contributed by atoms with van der Waals surface area (Å²) in [5.74, 6) is 1.87. The Morgan fingerprint density at radius 2 is 1.04 bits per heavy atom.